The Bertz CT molecular complexity index is 498. The number of hydrogen-bond acceptors (Lipinski definition) is 7. The Morgan fingerprint density at radius 3 is 2.89 bits per heavy atom. The van der Waals surface area contributed by atoms with Crippen molar-refractivity contribution in [3.8, 4) is 17.3 Å². The van der Waals surface area contributed by atoms with Crippen LogP contribution in [0.15, 0.2) is 22.9 Å². The van der Waals surface area contributed by atoms with E-state index in [1.54, 1.807) is 26.5 Å². The van der Waals surface area contributed by atoms with E-state index in [9.17, 15) is 0 Å². The molecule has 1 N–H and O–H groups in total. The van der Waals surface area contributed by atoms with E-state index in [-0.39, 0.29) is 0 Å². The van der Waals surface area contributed by atoms with Gasteiger partial charge in [-0.15, -0.1) is 0 Å². The van der Waals surface area contributed by atoms with Gasteiger partial charge in [0, 0.05) is 31.5 Å². The van der Waals surface area contributed by atoms with Crippen LogP contribution in [-0.4, -0.2) is 42.5 Å². The molecule has 0 saturated heterocycles. The number of nitrogens with zero attached hydrogens (tertiary/aromatic N) is 3. The Morgan fingerprint density at radius 1 is 1.32 bits per heavy atom. The van der Waals surface area contributed by atoms with Crippen LogP contribution < -0.4 is 10.1 Å². The molecule has 0 aliphatic heterocycles. The highest BCUT2D eigenvalue weighted by Crippen LogP contribution is 2.16. The first-order valence-electron chi connectivity index (χ1n) is 5.86. The van der Waals surface area contributed by atoms with Crippen LogP contribution in [0.3, 0.4) is 0 Å². The van der Waals surface area contributed by atoms with Gasteiger partial charge in [-0.1, -0.05) is 5.16 Å². The molecule has 0 fully saturated rings. The predicted octanol–water partition coefficient (Wildman–Crippen LogP) is 0.876. The minimum atomic E-state index is 0.513. The van der Waals surface area contributed by atoms with Gasteiger partial charge in [-0.25, -0.2) is 4.98 Å². The van der Waals surface area contributed by atoms with Crippen molar-refractivity contribution in [3.63, 3.8) is 0 Å². The van der Waals surface area contributed by atoms with Crippen molar-refractivity contribution in [2.24, 2.45) is 0 Å². The zero-order valence-electron chi connectivity index (χ0n) is 10.9. The molecule has 0 aliphatic rings. The van der Waals surface area contributed by atoms with Crippen molar-refractivity contribution in [2.75, 3.05) is 27.4 Å². The summed E-state index contributed by atoms with van der Waals surface area (Å²) in [5, 5.41) is 7.03. The van der Waals surface area contributed by atoms with Gasteiger partial charge in [0.15, 0.2) is 0 Å². The van der Waals surface area contributed by atoms with Gasteiger partial charge in [-0.05, 0) is 6.07 Å². The van der Waals surface area contributed by atoms with Crippen LogP contribution in [0, 0.1) is 0 Å². The Kier molecular flexibility index (Phi) is 4.82. The van der Waals surface area contributed by atoms with Crippen LogP contribution >= 0.6 is 0 Å². The average molecular weight is 264 g/mol. The van der Waals surface area contributed by atoms with Crippen LogP contribution in [0.2, 0.25) is 0 Å². The first-order valence-corrected chi connectivity index (χ1v) is 5.86. The molecule has 2 heterocycles. The highest BCUT2D eigenvalue weighted by Gasteiger charge is 2.08. The number of methoxy groups -OCH3 is 2. The zero-order chi connectivity index (χ0) is 13.5. The predicted molar refractivity (Wildman–Crippen MR) is 67.7 cm³/mol. The molecule has 0 spiro atoms. The van der Waals surface area contributed by atoms with Gasteiger partial charge in [0.25, 0.3) is 0 Å². The first kappa shape index (κ1) is 13.4. The maximum Gasteiger partial charge on any atom is 0.240 e. The molecule has 0 unspecified atom stereocenters. The fourth-order valence-electron chi connectivity index (χ4n) is 1.45. The molecular formula is C12H16N4O3. The van der Waals surface area contributed by atoms with E-state index in [4.69, 9.17) is 14.0 Å². The molecule has 0 aromatic carbocycles. The van der Waals surface area contributed by atoms with Crippen molar-refractivity contribution >= 4 is 0 Å². The van der Waals surface area contributed by atoms with Crippen LogP contribution in [-0.2, 0) is 11.3 Å². The summed E-state index contributed by atoms with van der Waals surface area (Å²) in [6.07, 6.45) is 1.64. The van der Waals surface area contributed by atoms with Crippen molar-refractivity contribution in [3.05, 3.63) is 24.2 Å². The number of rotatable bonds is 7. The number of pyridine rings is 1. The summed E-state index contributed by atoms with van der Waals surface area (Å²) in [4.78, 5) is 8.36. The average Bonchev–Trinajstić information content (AvgIpc) is 2.92. The lowest BCUT2D eigenvalue weighted by molar-refractivity contribution is 0.197. The molecule has 0 saturated carbocycles. The largest absolute Gasteiger partial charge is 0.481 e. The minimum Gasteiger partial charge on any atom is -0.481 e. The second-order valence-corrected chi connectivity index (χ2v) is 3.77. The van der Waals surface area contributed by atoms with E-state index in [1.807, 2.05) is 6.07 Å². The summed E-state index contributed by atoms with van der Waals surface area (Å²) in [6.45, 7) is 1.89. The maximum absolute atomic E-state index is 5.13. The van der Waals surface area contributed by atoms with Gasteiger partial charge >= 0.3 is 0 Å². The Hall–Kier alpha value is -1.99. The molecule has 0 atom stereocenters. The third kappa shape index (κ3) is 3.73. The highest BCUT2D eigenvalue weighted by atomic mass is 16.5. The second kappa shape index (κ2) is 6.81. The monoisotopic (exact) mass is 264 g/mol. The van der Waals surface area contributed by atoms with Gasteiger partial charge in [0.1, 0.15) is 0 Å². The normalized spacial score (nSPS) is 10.6. The van der Waals surface area contributed by atoms with Gasteiger partial charge in [-0.3, -0.25) is 0 Å². The van der Waals surface area contributed by atoms with Crippen LogP contribution in [0.5, 0.6) is 5.88 Å². The standard InChI is InChI=1S/C12H16N4O3/c1-17-6-5-13-8-11-15-12(16-19-11)9-3-4-10(18-2)14-7-9/h3-4,7,13H,5-6,8H2,1-2H3. The molecule has 2 rings (SSSR count). The lowest BCUT2D eigenvalue weighted by atomic mass is 10.3. The van der Waals surface area contributed by atoms with Crippen molar-refractivity contribution in [2.45, 2.75) is 6.54 Å². The SMILES string of the molecule is COCCNCc1nc(-c2ccc(OC)nc2)no1. The van der Waals surface area contributed by atoms with Crippen molar-refractivity contribution in [1.82, 2.24) is 20.4 Å². The zero-order valence-corrected chi connectivity index (χ0v) is 10.9. The smallest absolute Gasteiger partial charge is 0.240 e. The van der Waals surface area contributed by atoms with E-state index in [1.165, 1.54) is 0 Å². The number of hydrogen-bond donors (Lipinski definition) is 1. The van der Waals surface area contributed by atoms with E-state index < -0.39 is 0 Å². The molecule has 0 aliphatic carbocycles. The molecule has 2 aromatic rings. The van der Waals surface area contributed by atoms with Crippen LogP contribution in [0.4, 0.5) is 0 Å². The third-order valence-corrected chi connectivity index (χ3v) is 2.43. The van der Waals surface area contributed by atoms with E-state index in [2.05, 4.69) is 20.4 Å². The van der Waals surface area contributed by atoms with Crippen LogP contribution in [0.1, 0.15) is 5.89 Å². The molecule has 102 valence electrons. The van der Waals surface area contributed by atoms with E-state index in [0.717, 1.165) is 12.1 Å². The van der Waals surface area contributed by atoms with Gasteiger partial charge < -0.3 is 19.3 Å². The minimum absolute atomic E-state index is 0.513. The molecule has 0 radical (unpaired) electrons. The first-order chi connectivity index (χ1) is 9.33. The van der Waals surface area contributed by atoms with Crippen LogP contribution in [0.25, 0.3) is 11.4 Å². The number of aromatic nitrogens is 3. The molecule has 7 nitrogen and oxygen atoms in total. The lowest BCUT2D eigenvalue weighted by Gasteiger charge is -1.99. The van der Waals surface area contributed by atoms with Gasteiger partial charge in [0.2, 0.25) is 17.6 Å². The molecule has 2 aromatic heterocycles. The Morgan fingerprint density at radius 2 is 2.21 bits per heavy atom. The number of nitrogens with one attached hydrogen (secondary N) is 1. The summed E-state index contributed by atoms with van der Waals surface area (Å²) in [6, 6.07) is 3.58. The van der Waals surface area contributed by atoms with E-state index >= 15 is 0 Å². The summed E-state index contributed by atoms with van der Waals surface area (Å²) in [7, 11) is 3.23. The highest BCUT2D eigenvalue weighted by molar-refractivity contribution is 5.52. The fourth-order valence-corrected chi connectivity index (χ4v) is 1.45. The summed E-state index contributed by atoms with van der Waals surface area (Å²) >= 11 is 0. The molecule has 0 amide bonds. The Balaban J connectivity index is 1.95. The van der Waals surface area contributed by atoms with Gasteiger partial charge in [-0.2, -0.15) is 4.98 Å². The second-order valence-electron chi connectivity index (χ2n) is 3.77. The summed E-state index contributed by atoms with van der Waals surface area (Å²) < 4.78 is 15.0. The molecule has 19 heavy (non-hydrogen) atoms. The van der Waals surface area contributed by atoms with E-state index in [0.29, 0.717) is 30.7 Å². The molecule has 7 heteroatoms. The third-order valence-electron chi connectivity index (χ3n) is 2.43. The summed E-state index contributed by atoms with van der Waals surface area (Å²) in [5.41, 5.74) is 0.785. The topological polar surface area (TPSA) is 82.3 Å². The lowest BCUT2D eigenvalue weighted by Crippen LogP contribution is -2.18. The number of ether oxygens (including phenoxy) is 2. The van der Waals surface area contributed by atoms with Crippen molar-refractivity contribution < 1.29 is 14.0 Å². The molecular weight excluding hydrogens is 248 g/mol. The fraction of sp³-hybridized carbons (Fsp3) is 0.417. The van der Waals surface area contributed by atoms with Gasteiger partial charge in [0.05, 0.1) is 20.3 Å². The molecule has 0 bridgehead atoms. The maximum atomic E-state index is 5.13. The Labute approximate surface area is 110 Å². The quantitative estimate of drug-likeness (QED) is 0.743. The van der Waals surface area contributed by atoms with Crippen molar-refractivity contribution in [1.29, 1.82) is 0 Å². The summed E-state index contributed by atoms with van der Waals surface area (Å²) in [5.74, 6) is 1.59.